The number of amides is 2. The normalized spacial score (nSPS) is 15.8. The van der Waals surface area contributed by atoms with E-state index in [9.17, 15) is 9.59 Å². The molecule has 3 aromatic rings. The summed E-state index contributed by atoms with van der Waals surface area (Å²) in [6.07, 6.45) is 2.98. The fraction of sp³-hybridized carbons (Fsp3) is 0.333. The number of likely N-dealkylation sites (tertiary alicyclic amines) is 1. The molecular formula is C24H25ClN4O3S. The number of nitrogens with one attached hydrogen (secondary N) is 1. The lowest BCUT2D eigenvalue weighted by Crippen LogP contribution is -2.39. The quantitative estimate of drug-likeness (QED) is 0.521. The van der Waals surface area contributed by atoms with Gasteiger partial charge in [-0.2, -0.15) is 0 Å². The Hall–Kier alpha value is -2.97. The van der Waals surface area contributed by atoms with Crippen molar-refractivity contribution in [1.82, 2.24) is 15.1 Å². The summed E-state index contributed by atoms with van der Waals surface area (Å²) >= 11 is 7.26. The fourth-order valence-electron chi connectivity index (χ4n) is 3.85. The molecule has 172 valence electrons. The van der Waals surface area contributed by atoms with E-state index in [1.807, 2.05) is 29.2 Å². The minimum absolute atomic E-state index is 0.0916. The van der Waals surface area contributed by atoms with Gasteiger partial charge < -0.3 is 15.0 Å². The molecular weight excluding hydrogens is 460 g/mol. The fourth-order valence-corrected chi connectivity index (χ4v) is 4.90. The molecule has 1 aliphatic heterocycles. The second-order valence-corrected chi connectivity index (χ2v) is 9.38. The number of benzene rings is 2. The molecule has 1 N–H and O–H groups in total. The first kappa shape index (κ1) is 23.2. The standard InChI is InChI=1S/C24H25ClN4O3S/c1-32-20-10-7-16(8-11-20)9-12-21(30)29-13-3-4-17(15-29)23-27-28-24(33-23)22(31)26-19-6-2-5-18(25)14-19/h2,5-8,10-11,14,17H,3-4,9,12-13,15H2,1H3,(H,26,31)/t17-/m1/s1. The minimum atomic E-state index is -0.316. The highest BCUT2D eigenvalue weighted by atomic mass is 35.5. The zero-order valence-electron chi connectivity index (χ0n) is 18.3. The molecule has 33 heavy (non-hydrogen) atoms. The average Bonchev–Trinajstić information content (AvgIpc) is 3.34. The summed E-state index contributed by atoms with van der Waals surface area (Å²) in [6.45, 7) is 1.35. The summed E-state index contributed by atoms with van der Waals surface area (Å²) in [6, 6.07) is 14.8. The Labute approximate surface area is 201 Å². The molecule has 0 bridgehead atoms. The van der Waals surface area contributed by atoms with Crippen LogP contribution in [0.25, 0.3) is 0 Å². The van der Waals surface area contributed by atoms with Gasteiger partial charge in [0.05, 0.1) is 7.11 Å². The second kappa shape index (κ2) is 10.8. The Balaban J connectivity index is 1.32. The van der Waals surface area contributed by atoms with Crippen LogP contribution in [0.3, 0.4) is 0 Å². The first-order valence-electron chi connectivity index (χ1n) is 10.8. The lowest BCUT2D eigenvalue weighted by molar-refractivity contribution is -0.132. The monoisotopic (exact) mass is 484 g/mol. The number of carbonyl (C=O) groups is 2. The van der Waals surface area contributed by atoms with Crippen LogP contribution in [0.5, 0.6) is 5.75 Å². The smallest absolute Gasteiger partial charge is 0.286 e. The molecule has 1 fully saturated rings. The van der Waals surface area contributed by atoms with Crippen molar-refractivity contribution < 1.29 is 14.3 Å². The van der Waals surface area contributed by atoms with Gasteiger partial charge in [-0.1, -0.05) is 41.1 Å². The maximum absolute atomic E-state index is 12.8. The van der Waals surface area contributed by atoms with Gasteiger partial charge in [0, 0.05) is 36.1 Å². The van der Waals surface area contributed by atoms with Gasteiger partial charge in [0.25, 0.3) is 5.91 Å². The van der Waals surface area contributed by atoms with Crippen LogP contribution in [0.1, 0.15) is 45.6 Å². The topological polar surface area (TPSA) is 84.4 Å². The average molecular weight is 485 g/mol. The number of halogens is 1. The number of ether oxygens (including phenoxy) is 1. The number of carbonyl (C=O) groups excluding carboxylic acids is 2. The van der Waals surface area contributed by atoms with Crippen LogP contribution < -0.4 is 10.1 Å². The van der Waals surface area contributed by atoms with Crippen LogP contribution >= 0.6 is 22.9 Å². The second-order valence-electron chi connectivity index (χ2n) is 7.94. The molecule has 1 atom stereocenters. The molecule has 7 nitrogen and oxygen atoms in total. The number of aromatic nitrogens is 2. The van der Waals surface area contributed by atoms with Gasteiger partial charge in [0.1, 0.15) is 10.8 Å². The van der Waals surface area contributed by atoms with Crippen molar-refractivity contribution in [2.45, 2.75) is 31.6 Å². The molecule has 0 unspecified atom stereocenters. The molecule has 2 heterocycles. The Bertz CT molecular complexity index is 1120. The molecule has 1 aliphatic rings. The first-order valence-corrected chi connectivity index (χ1v) is 12.0. The highest BCUT2D eigenvalue weighted by molar-refractivity contribution is 7.13. The first-order chi connectivity index (χ1) is 16.0. The summed E-state index contributed by atoms with van der Waals surface area (Å²) in [5.74, 6) is 0.721. The molecule has 0 aliphatic carbocycles. The maximum atomic E-state index is 12.8. The molecule has 2 aromatic carbocycles. The highest BCUT2D eigenvalue weighted by Crippen LogP contribution is 2.30. The van der Waals surface area contributed by atoms with E-state index >= 15 is 0 Å². The van der Waals surface area contributed by atoms with Gasteiger partial charge >= 0.3 is 0 Å². The number of aryl methyl sites for hydroxylation is 1. The molecule has 0 radical (unpaired) electrons. The number of hydrogen-bond donors (Lipinski definition) is 1. The number of methoxy groups -OCH3 is 1. The van der Waals surface area contributed by atoms with Crippen LogP contribution in [0.4, 0.5) is 5.69 Å². The van der Waals surface area contributed by atoms with E-state index in [1.165, 1.54) is 11.3 Å². The van der Waals surface area contributed by atoms with E-state index in [4.69, 9.17) is 16.3 Å². The molecule has 2 amide bonds. The predicted octanol–water partition coefficient (Wildman–Crippen LogP) is 4.79. The van der Waals surface area contributed by atoms with Crippen molar-refractivity contribution in [3.05, 3.63) is 69.1 Å². The third-order valence-corrected chi connectivity index (χ3v) is 6.95. The Morgan fingerprint density at radius 2 is 2.03 bits per heavy atom. The van der Waals surface area contributed by atoms with Crippen LogP contribution in [0, 0.1) is 0 Å². The van der Waals surface area contributed by atoms with Crippen LogP contribution in [0.2, 0.25) is 5.02 Å². The number of rotatable bonds is 7. The van der Waals surface area contributed by atoms with E-state index in [0.717, 1.165) is 35.7 Å². The van der Waals surface area contributed by atoms with E-state index in [2.05, 4.69) is 15.5 Å². The number of nitrogens with zero attached hydrogens (tertiary/aromatic N) is 3. The highest BCUT2D eigenvalue weighted by Gasteiger charge is 2.28. The predicted molar refractivity (Wildman–Crippen MR) is 129 cm³/mol. The van der Waals surface area contributed by atoms with Crippen LogP contribution in [-0.4, -0.2) is 47.1 Å². The third kappa shape index (κ3) is 6.09. The Morgan fingerprint density at radius 1 is 1.21 bits per heavy atom. The van der Waals surface area contributed by atoms with Crippen molar-refractivity contribution in [1.29, 1.82) is 0 Å². The van der Waals surface area contributed by atoms with Crippen molar-refractivity contribution in [3.63, 3.8) is 0 Å². The van der Waals surface area contributed by atoms with Crippen molar-refractivity contribution in [2.75, 3.05) is 25.5 Å². The van der Waals surface area contributed by atoms with Crippen LogP contribution in [0.15, 0.2) is 48.5 Å². The molecule has 1 aromatic heterocycles. The molecule has 9 heteroatoms. The van der Waals surface area contributed by atoms with E-state index in [0.29, 0.717) is 35.1 Å². The number of piperidine rings is 1. The summed E-state index contributed by atoms with van der Waals surface area (Å²) < 4.78 is 5.18. The Kier molecular flexibility index (Phi) is 7.57. The van der Waals surface area contributed by atoms with Gasteiger partial charge in [0.2, 0.25) is 10.9 Å². The summed E-state index contributed by atoms with van der Waals surface area (Å²) in [5, 5.41) is 12.8. The van der Waals surface area contributed by atoms with Crippen molar-refractivity contribution in [2.24, 2.45) is 0 Å². The minimum Gasteiger partial charge on any atom is -0.497 e. The Morgan fingerprint density at radius 3 is 2.79 bits per heavy atom. The van der Waals surface area contributed by atoms with Gasteiger partial charge in [-0.25, -0.2) is 0 Å². The maximum Gasteiger partial charge on any atom is 0.286 e. The molecule has 0 saturated carbocycles. The van der Waals surface area contributed by atoms with Crippen molar-refractivity contribution >= 4 is 40.4 Å². The van der Waals surface area contributed by atoms with Gasteiger partial charge in [-0.05, 0) is 55.2 Å². The molecule has 0 spiro atoms. The third-order valence-electron chi connectivity index (χ3n) is 5.63. The summed E-state index contributed by atoms with van der Waals surface area (Å²) in [5.41, 5.74) is 1.72. The van der Waals surface area contributed by atoms with E-state index in [-0.39, 0.29) is 17.7 Å². The number of hydrogen-bond acceptors (Lipinski definition) is 6. The van der Waals surface area contributed by atoms with E-state index < -0.39 is 0 Å². The lowest BCUT2D eigenvalue weighted by Gasteiger charge is -2.31. The number of anilines is 1. The molecule has 4 rings (SSSR count). The SMILES string of the molecule is COc1ccc(CCC(=O)N2CCC[C@@H](c3nnc(C(=O)Nc4cccc(Cl)c4)s3)C2)cc1. The zero-order chi connectivity index (χ0) is 23.2. The van der Waals surface area contributed by atoms with Gasteiger partial charge in [0.15, 0.2) is 0 Å². The van der Waals surface area contributed by atoms with Crippen LogP contribution in [-0.2, 0) is 11.2 Å². The zero-order valence-corrected chi connectivity index (χ0v) is 19.9. The van der Waals surface area contributed by atoms with Gasteiger partial charge in [-0.15, -0.1) is 10.2 Å². The summed E-state index contributed by atoms with van der Waals surface area (Å²) in [7, 11) is 1.64. The van der Waals surface area contributed by atoms with Gasteiger partial charge in [-0.3, -0.25) is 9.59 Å². The van der Waals surface area contributed by atoms with Crippen molar-refractivity contribution in [3.8, 4) is 5.75 Å². The lowest BCUT2D eigenvalue weighted by atomic mass is 9.98. The summed E-state index contributed by atoms with van der Waals surface area (Å²) in [4.78, 5) is 27.3. The van der Waals surface area contributed by atoms with E-state index in [1.54, 1.807) is 31.4 Å². The largest absolute Gasteiger partial charge is 0.497 e. The molecule has 1 saturated heterocycles.